The number of hydrogen-bond acceptors (Lipinski definition) is 6. The summed E-state index contributed by atoms with van der Waals surface area (Å²) in [5.41, 5.74) is 2.72. The van der Waals surface area contributed by atoms with E-state index in [1.165, 1.54) is 29.4 Å². The third-order valence-corrected chi connectivity index (χ3v) is 5.67. The van der Waals surface area contributed by atoms with Gasteiger partial charge in [-0.2, -0.15) is 0 Å². The van der Waals surface area contributed by atoms with Crippen molar-refractivity contribution < 1.29 is 8.78 Å². The Bertz CT molecular complexity index is 881. The molecule has 0 spiro atoms. The first kappa shape index (κ1) is 18.6. The maximum atomic E-state index is 13.8. The molecule has 0 radical (unpaired) electrons. The smallest absolute Gasteiger partial charge is 0.184 e. The summed E-state index contributed by atoms with van der Waals surface area (Å²) in [5, 5.41) is 12.9. The Balaban J connectivity index is 1.53. The van der Waals surface area contributed by atoms with Crippen molar-refractivity contribution in [3.8, 4) is 11.1 Å². The van der Waals surface area contributed by atoms with Gasteiger partial charge in [0.15, 0.2) is 5.13 Å². The second kappa shape index (κ2) is 8.48. The molecule has 136 valence electrons. The summed E-state index contributed by atoms with van der Waals surface area (Å²) in [5.74, 6) is -0.895. The average molecular weight is 393 g/mol. The molecule has 0 saturated carbocycles. The van der Waals surface area contributed by atoms with Crippen molar-refractivity contribution in [1.82, 2.24) is 4.98 Å². The zero-order valence-electron chi connectivity index (χ0n) is 14.1. The molecule has 1 aromatic heterocycles. The Hall–Kier alpha value is -2.16. The van der Waals surface area contributed by atoms with Crippen LogP contribution in [0.4, 0.5) is 19.6 Å². The van der Waals surface area contributed by atoms with Crippen molar-refractivity contribution in [2.24, 2.45) is 5.14 Å². The number of nitrogens with one attached hydrogen (secondary N) is 2. The molecule has 2 aromatic carbocycles. The van der Waals surface area contributed by atoms with Gasteiger partial charge in [-0.25, -0.2) is 13.8 Å². The van der Waals surface area contributed by atoms with E-state index in [9.17, 15) is 8.78 Å². The minimum atomic E-state index is -0.455. The fourth-order valence-corrected chi connectivity index (χ4v) is 3.80. The molecular formula is C18H18F2N4S2. The Morgan fingerprint density at radius 1 is 1.08 bits per heavy atom. The number of thiazole rings is 1. The molecule has 0 saturated heterocycles. The molecule has 3 aromatic rings. The second-order valence-electron chi connectivity index (χ2n) is 5.56. The largest absolute Gasteiger partial charge is 0.383 e. The van der Waals surface area contributed by atoms with Gasteiger partial charge in [-0.3, -0.25) is 5.14 Å². The first-order valence-corrected chi connectivity index (χ1v) is 9.64. The molecule has 26 heavy (non-hydrogen) atoms. The highest BCUT2D eigenvalue weighted by molar-refractivity contribution is 7.99. The zero-order chi connectivity index (χ0) is 18.5. The SMILES string of the molecule is Cc1nc(NCCNc2ccc(-c3cc(F)ccc3F)cc2)sc1SN. The normalized spacial score (nSPS) is 10.8. The van der Waals surface area contributed by atoms with E-state index in [-0.39, 0.29) is 5.56 Å². The van der Waals surface area contributed by atoms with Crippen LogP contribution in [0.2, 0.25) is 0 Å². The highest BCUT2D eigenvalue weighted by Crippen LogP contribution is 2.28. The van der Waals surface area contributed by atoms with Crippen molar-refractivity contribution in [2.45, 2.75) is 11.1 Å². The predicted octanol–water partition coefficient (Wildman–Crippen LogP) is 4.89. The van der Waals surface area contributed by atoms with Crippen LogP contribution < -0.4 is 15.8 Å². The number of nitrogens with two attached hydrogens (primary N) is 1. The van der Waals surface area contributed by atoms with E-state index in [0.717, 1.165) is 32.9 Å². The average Bonchev–Trinajstić information content (AvgIpc) is 3.01. The summed E-state index contributed by atoms with van der Waals surface area (Å²) in [7, 11) is 0. The van der Waals surface area contributed by atoms with E-state index >= 15 is 0 Å². The van der Waals surface area contributed by atoms with Crippen LogP contribution in [0.25, 0.3) is 11.1 Å². The van der Waals surface area contributed by atoms with Crippen LogP contribution in [0, 0.1) is 18.6 Å². The molecule has 0 aliphatic heterocycles. The summed E-state index contributed by atoms with van der Waals surface area (Å²) < 4.78 is 28.1. The van der Waals surface area contributed by atoms with E-state index in [2.05, 4.69) is 15.6 Å². The van der Waals surface area contributed by atoms with Crippen molar-refractivity contribution in [2.75, 3.05) is 23.7 Å². The lowest BCUT2D eigenvalue weighted by Crippen LogP contribution is -2.13. The van der Waals surface area contributed by atoms with Gasteiger partial charge in [0.1, 0.15) is 11.6 Å². The monoisotopic (exact) mass is 392 g/mol. The Morgan fingerprint density at radius 3 is 2.50 bits per heavy atom. The number of benzene rings is 2. The van der Waals surface area contributed by atoms with Crippen LogP contribution in [0.15, 0.2) is 46.7 Å². The third-order valence-electron chi connectivity index (χ3n) is 3.72. The van der Waals surface area contributed by atoms with Crippen LogP contribution in [0.5, 0.6) is 0 Å². The van der Waals surface area contributed by atoms with E-state index in [4.69, 9.17) is 5.14 Å². The quantitative estimate of drug-likeness (QED) is 0.395. The Morgan fingerprint density at radius 2 is 1.81 bits per heavy atom. The molecule has 0 unspecified atom stereocenters. The van der Waals surface area contributed by atoms with Crippen molar-refractivity contribution in [3.05, 3.63) is 59.8 Å². The van der Waals surface area contributed by atoms with Gasteiger partial charge in [0.05, 0.1) is 9.90 Å². The van der Waals surface area contributed by atoms with E-state index in [0.29, 0.717) is 18.7 Å². The lowest BCUT2D eigenvalue weighted by molar-refractivity contribution is 0.603. The lowest BCUT2D eigenvalue weighted by atomic mass is 10.0. The predicted molar refractivity (Wildman–Crippen MR) is 106 cm³/mol. The number of aromatic nitrogens is 1. The van der Waals surface area contributed by atoms with Gasteiger partial charge >= 0.3 is 0 Å². The fraction of sp³-hybridized carbons (Fsp3) is 0.167. The highest BCUT2D eigenvalue weighted by Gasteiger charge is 2.07. The molecule has 0 aliphatic rings. The highest BCUT2D eigenvalue weighted by atomic mass is 32.2. The number of rotatable bonds is 7. The van der Waals surface area contributed by atoms with Crippen molar-refractivity contribution in [3.63, 3.8) is 0 Å². The van der Waals surface area contributed by atoms with Crippen LogP contribution in [0.3, 0.4) is 0 Å². The van der Waals surface area contributed by atoms with E-state index < -0.39 is 11.6 Å². The maximum Gasteiger partial charge on any atom is 0.184 e. The fourth-order valence-electron chi connectivity index (χ4n) is 2.43. The summed E-state index contributed by atoms with van der Waals surface area (Å²) in [6.45, 7) is 3.32. The number of hydrogen-bond donors (Lipinski definition) is 3. The van der Waals surface area contributed by atoms with Gasteiger partial charge < -0.3 is 10.6 Å². The molecule has 3 rings (SSSR count). The topological polar surface area (TPSA) is 63.0 Å². The lowest BCUT2D eigenvalue weighted by Gasteiger charge is -2.09. The molecule has 1 heterocycles. The molecule has 0 fully saturated rings. The molecule has 0 atom stereocenters. The Kier molecular flexibility index (Phi) is 6.08. The Labute approximate surface area is 159 Å². The van der Waals surface area contributed by atoms with Crippen LogP contribution in [-0.2, 0) is 0 Å². The number of nitrogens with zero attached hydrogens (tertiary/aromatic N) is 1. The molecule has 0 aliphatic carbocycles. The van der Waals surface area contributed by atoms with Gasteiger partial charge in [-0.05, 0) is 54.8 Å². The maximum absolute atomic E-state index is 13.8. The summed E-state index contributed by atoms with van der Waals surface area (Å²) in [6.07, 6.45) is 0. The molecule has 4 nitrogen and oxygen atoms in total. The summed E-state index contributed by atoms with van der Waals surface area (Å²) in [6, 6.07) is 10.7. The van der Waals surface area contributed by atoms with E-state index in [1.54, 1.807) is 12.1 Å². The van der Waals surface area contributed by atoms with Crippen molar-refractivity contribution >= 4 is 34.1 Å². The van der Waals surface area contributed by atoms with Gasteiger partial charge in [-0.1, -0.05) is 23.5 Å². The van der Waals surface area contributed by atoms with Gasteiger partial charge in [0.2, 0.25) is 0 Å². The molecule has 4 N–H and O–H groups in total. The molecule has 0 bridgehead atoms. The van der Waals surface area contributed by atoms with E-state index in [1.807, 2.05) is 19.1 Å². The van der Waals surface area contributed by atoms with Crippen LogP contribution in [-0.4, -0.2) is 18.1 Å². The third kappa shape index (κ3) is 4.51. The van der Waals surface area contributed by atoms with Crippen LogP contribution >= 0.6 is 23.3 Å². The molecule has 0 amide bonds. The number of halogens is 2. The number of anilines is 2. The van der Waals surface area contributed by atoms with Gasteiger partial charge in [0, 0.05) is 24.3 Å². The first-order valence-electron chi connectivity index (χ1n) is 7.94. The van der Waals surface area contributed by atoms with Crippen molar-refractivity contribution in [1.29, 1.82) is 0 Å². The molecule has 8 heteroatoms. The minimum Gasteiger partial charge on any atom is -0.383 e. The first-order chi connectivity index (χ1) is 12.6. The van der Waals surface area contributed by atoms with Gasteiger partial charge in [0.25, 0.3) is 0 Å². The standard InChI is InChI=1S/C18H18F2N4S2/c1-11-17(26-21)25-18(24-11)23-9-8-22-14-5-2-12(3-6-14)15-10-13(19)4-7-16(15)20/h2-7,10,22H,8-9,21H2,1H3,(H,23,24). The van der Waals surface area contributed by atoms with Gasteiger partial charge in [-0.15, -0.1) is 0 Å². The summed E-state index contributed by atoms with van der Waals surface area (Å²) in [4.78, 5) is 4.40. The second-order valence-corrected chi connectivity index (χ2v) is 7.47. The molecular weight excluding hydrogens is 374 g/mol. The number of aryl methyl sites for hydroxylation is 1. The minimum absolute atomic E-state index is 0.255. The van der Waals surface area contributed by atoms with Crippen LogP contribution in [0.1, 0.15) is 5.69 Å². The summed E-state index contributed by atoms with van der Waals surface area (Å²) >= 11 is 2.73. The zero-order valence-corrected chi connectivity index (χ0v) is 15.7.